The molecule has 0 rings (SSSR count). The lowest BCUT2D eigenvalue weighted by atomic mass is 10.3. The van der Waals surface area contributed by atoms with Gasteiger partial charge in [-0.15, -0.1) is 0 Å². The van der Waals surface area contributed by atoms with Gasteiger partial charge in [-0.1, -0.05) is 0 Å². The zero-order valence-electron chi connectivity index (χ0n) is 6.86. The average molecular weight is 147 g/mol. The van der Waals surface area contributed by atoms with Gasteiger partial charge in [-0.2, -0.15) is 0 Å². The summed E-state index contributed by atoms with van der Waals surface area (Å²) in [5.74, 6) is 0. The molecule has 0 spiro atoms. The van der Waals surface area contributed by atoms with Crippen molar-refractivity contribution in [2.24, 2.45) is 0 Å². The summed E-state index contributed by atoms with van der Waals surface area (Å²) in [6.45, 7) is 4.38. The maximum absolute atomic E-state index is 3.78. The van der Waals surface area contributed by atoms with Gasteiger partial charge in [0.05, 0.1) is 13.1 Å². The van der Waals surface area contributed by atoms with Crippen LogP contribution in [0.3, 0.4) is 0 Å². The van der Waals surface area contributed by atoms with Crippen LogP contribution in [0.1, 0.15) is 19.3 Å². The van der Waals surface area contributed by atoms with Gasteiger partial charge in [0.15, 0.2) is 0 Å². The molecule has 0 aromatic heterocycles. The number of unbranched alkanes of at least 4 members (excludes halogenated alkanes) is 1. The van der Waals surface area contributed by atoms with Crippen molar-refractivity contribution in [3.05, 3.63) is 0 Å². The van der Waals surface area contributed by atoms with Crippen LogP contribution < -0.4 is 16.8 Å². The van der Waals surface area contributed by atoms with Crippen molar-refractivity contribution < 1.29 is 11.5 Å². The summed E-state index contributed by atoms with van der Waals surface area (Å²) < 4.78 is 0. The molecule has 0 aliphatic carbocycles. The van der Waals surface area contributed by atoms with Crippen molar-refractivity contribution in [3.8, 4) is 0 Å². The first-order valence-electron chi connectivity index (χ1n) is 4.21. The Morgan fingerprint density at radius 1 is 0.800 bits per heavy atom. The Morgan fingerprint density at radius 3 is 2.00 bits per heavy atom. The standard InChI is InChI=1S/C7H19N3/c8-4-1-2-6-10-7-3-5-9/h10H,1-9H2/p+2. The van der Waals surface area contributed by atoms with Gasteiger partial charge in [-0.25, -0.2) is 0 Å². The van der Waals surface area contributed by atoms with Crippen LogP contribution in [0.15, 0.2) is 0 Å². The van der Waals surface area contributed by atoms with Crippen LogP contribution in [0.25, 0.3) is 0 Å². The van der Waals surface area contributed by atoms with Crippen molar-refractivity contribution in [1.82, 2.24) is 5.32 Å². The Morgan fingerprint density at radius 2 is 1.40 bits per heavy atom. The van der Waals surface area contributed by atoms with Crippen LogP contribution in [0.4, 0.5) is 0 Å². The molecule has 0 aliphatic heterocycles. The highest BCUT2D eigenvalue weighted by atomic mass is 14.8. The van der Waals surface area contributed by atoms with Crippen molar-refractivity contribution >= 4 is 0 Å². The fourth-order valence-corrected chi connectivity index (χ4v) is 0.802. The lowest BCUT2D eigenvalue weighted by molar-refractivity contribution is -0.369. The number of nitrogens with one attached hydrogen (secondary N) is 1. The van der Waals surface area contributed by atoms with Crippen molar-refractivity contribution in [2.45, 2.75) is 19.3 Å². The largest absolute Gasteiger partial charge is 0.358 e. The minimum Gasteiger partial charge on any atom is -0.358 e. The molecule has 0 saturated carbocycles. The highest BCUT2D eigenvalue weighted by Gasteiger charge is 1.87. The predicted octanol–water partition coefficient (Wildman–Crippen LogP) is -1.77. The molecule has 0 fully saturated rings. The molecule has 0 aromatic carbocycles. The monoisotopic (exact) mass is 147 g/mol. The van der Waals surface area contributed by atoms with Crippen LogP contribution in [0.2, 0.25) is 0 Å². The van der Waals surface area contributed by atoms with Crippen LogP contribution in [-0.2, 0) is 0 Å². The minimum absolute atomic E-state index is 1.04. The zero-order valence-corrected chi connectivity index (χ0v) is 6.86. The van der Waals surface area contributed by atoms with E-state index < -0.39 is 0 Å². The third-order valence-corrected chi connectivity index (χ3v) is 1.46. The van der Waals surface area contributed by atoms with Crippen LogP contribution in [-0.4, -0.2) is 26.2 Å². The smallest absolute Gasteiger partial charge is 0.0752 e. The van der Waals surface area contributed by atoms with E-state index >= 15 is 0 Å². The molecule has 0 atom stereocenters. The molecule has 7 N–H and O–H groups in total. The van der Waals surface area contributed by atoms with E-state index in [1.54, 1.807) is 0 Å². The first-order valence-corrected chi connectivity index (χ1v) is 4.21. The molecule has 0 radical (unpaired) electrons. The molecule has 0 aromatic rings. The van der Waals surface area contributed by atoms with E-state index in [2.05, 4.69) is 16.8 Å². The summed E-state index contributed by atoms with van der Waals surface area (Å²) in [7, 11) is 0. The molecule has 0 unspecified atom stereocenters. The number of hydrogen-bond donors (Lipinski definition) is 3. The third-order valence-electron chi connectivity index (χ3n) is 1.46. The fraction of sp³-hybridized carbons (Fsp3) is 1.00. The van der Waals surface area contributed by atoms with Gasteiger partial charge >= 0.3 is 0 Å². The molecule has 3 nitrogen and oxygen atoms in total. The number of rotatable bonds is 7. The molecular formula is C7H21N3+2. The lowest BCUT2D eigenvalue weighted by Crippen LogP contribution is -2.51. The minimum atomic E-state index is 1.04. The summed E-state index contributed by atoms with van der Waals surface area (Å²) in [5, 5.41) is 3.35. The van der Waals surface area contributed by atoms with E-state index in [0.717, 1.165) is 26.2 Å². The van der Waals surface area contributed by atoms with Crippen LogP contribution >= 0.6 is 0 Å². The Labute approximate surface area is 63.2 Å². The molecule has 0 heterocycles. The second kappa shape index (κ2) is 8.88. The highest BCUT2D eigenvalue weighted by molar-refractivity contribution is 4.46. The van der Waals surface area contributed by atoms with E-state index in [-0.39, 0.29) is 0 Å². The van der Waals surface area contributed by atoms with Gasteiger partial charge in [0.2, 0.25) is 0 Å². The van der Waals surface area contributed by atoms with Gasteiger partial charge in [-0.05, 0) is 19.4 Å². The Bertz CT molecular complexity index is 48.8. The van der Waals surface area contributed by atoms with Crippen LogP contribution in [0, 0.1) is 0 Å². The summed E-state index contributed by atoms with van der Waals surface area (Å²) in [4.78, 5) is 0. The van der Waals surface area contributed by atoms with Crippen molar-refractivity contribution in [2.75, 3.05) is 26.2 Å². The third kappa shape index (κ3) is 7.88. The predicted molar refractivity (Wildman–Crippen MR) is 42.2 cm³/mol. The molecule has 0 amide bonds. The van der Waals surface area contributed by atoms with E-state index in [4.69, 9.17) is 0 Å². The van der Waals surface area contributed by atoms with Gasteiger partial charge in [0, 0.05) is 13.0 Å². The van der Waals surface area contributed by atoms with E-state index in [1.807, 2.05) is 0 Å². The van der Waals surface area contributed by atoms with E-state index in [0.29, 0.717) is 0 Å². The maximum atomic E-state index is 3.78. The molecular weight excluding hydrogens is 126 g/mol. The molecule has 62 valence electrons. The lowest BCUT2D eigenvalue weighted by Gasteiger charge is -1.99. The Hall–Kier alpha value is -0.120. The molecule has 0 saturated heterocycles. The molecule has 0 aliphatic rings. The zero-order chi connectivity index (χ0) is 7.66. The topological polar surface area (TPSA) is 67.3 Å². The second-order valence-electron chi connectivity index (χ2n) is 2.52. The normalized spacial score (nSPS) is 10.2. The Balaban J connectivity index is 2.65. The first-order chi connectivity index (χ1) is 4.91. The summed E-state index contributed by atoms with van der Waals surface area (Å²) in [5.41, 5.74) is 7.55. The van der Waals surface area contributed by atoms with E-state index in [9.17, 15) is 0 Å². The maximum Gasteiger partial charge on any atom is 0.0752 e. The SMILES string of the molecule is [NH3+]CCCCNCCC[NH3+]. The Kier molecular flexibility index (Phi) is 8.77. The summed E-state index contributed by atoms with van der Waals surface area (Å²) >= 11 is 0. The van der Waals surface area contributed by atoms with Gasteiger partial charge in [0.1, 0.15) is 0 Å². The van der Waals surface area contributed by atoms with Crippen molar-refractivity contribution in [1.29, 1.82) is 0 Å². The summed E-state index contributed by atoms with van der Waals surface area (Å²) in [6.07, 6.45) is 3.71. The van der Waals surface area contributed by atoms with E-state index in [1.165, 1.54) is 19.3 Å². The quantitative estimate of drug-likeness (QED) is 0.367. The summed E-state index contributed by atoms with van der Waals surface area (Å²) in [6, 6.07) is 0. The molecule has 0 bridgehead atoms. The highest BCUT2D eigenvalue weighted by Crippen LogP contribution is 1.80. The van der Waals surface area contributed by atoms with Gasteiger partial charge < -0.3 is 16.8 Å². The number of quaternary nitrogens is 2. The van der Waals surface area contributed by atoms with Crippen LogP contribution in [0.5, 0.6) is 0 Å². The average Bonchev–Trinajstić information content (AvgIpc) is 1.97. The van der Waals surface area contributed by atoms with Gasteiger partial charge in [-0.3, -0.25) is 0 Å². The number of hydrogen-bond acceptors (Lipinski definition) is 1. The van der Waals surface area contributed by atoms with Gasteiger partial charge in [0.25, 0.3) is 0 Å². The first kappa shape index (κ1) is 9.88. The fourth-order valence-electron chi connectivity index (χ4n) is 0.802. The second-order valence-corrected chi connectivity index (χ2v) is 2.52. The molecule has 10 heavy (non-hydrogen) atoms. The molecule has 3 heteroatoms. The van der Waals surface area contributed by atoms with Crippen molar-refractivity contribution in [3.63, 3.8) is 0 Å².